The number of nitrogens with zero attached hydrogens (tertiary/aromatic N) is 1. The van der Waals surface area contributed by atoms with Gasteiger partial charge in [0.25, 0.3) is 0 Å². The van der Waals surface area contributed by atoms with E-state index in [-0.39, 0.29) is 29.8 Å². The minimum absolute atomic E-state index is 0. The molecule has 4 aromatic carbocycles. The minimum atomic E-state index is -1.81. The maximum Gasteiger partial charge on any atom is 0.123 e. The molecule has 0 aliphatic heterocycles. The summed E-state index contributed by atoms with van der Waals surface area (Å²) in [6, 6.07) is 40.0. The van der Waals surface area contributed by atoms with Crippen molar-refractivity contribution < 1.29 is 28.4 Å². The lowest BCUT2D eigenvalue weighted by Crippen LogP contribution is -3.00. The molecule has 5 aromatic rings. The van der Waals surface area contributed by atoms with Crippen molar-refractivity contribution in [1.29, 1.82) is 0 Å². The zero-order valence-corrected chi connectivity index (χ0v) is 21.4. The molecular weight excluding hydrogens is 539 g/mol. The van der Waals surface area contributed by atoms with Gasteiger partial charge in [0, 0.05) is 30.1 Å². The van der Waals surface area contributed by atoms with Crippen molar-refractivity contribution in [1.82, 2.24) is 4.57 Å². The maximum absolute atomic E-state index is 13.6. The molecule has 0 saturated carbocycles. The zero-order valence-electron chi connectivity index (χ0n) is 18.3. The Morgan fingerprint density at radius 3 is 1.67 bits per heavy atom. The highest BCUT2D eigenvalue weighted by Gasteiger charge is 2.44. The molecule has 0 aliphatic carbocycles. The molecule has 0 radical (unpaired) electrons. The number of rotatable bonds is 7. The molecule has 1 aromatic heterocycles. The third kappa shape index (κ3) is 4.76. The SMILES string of the molecule is Fc1ccc2c(ccn2CCC[P+](c2ccccc2)(c2ccccc2)c2ccccc2)c1.[I-]. The second-order valence-corrected chi connectivity index (χ2v) is 11.7. The molecule has 0 atom stereocenters. The van der Waals surface area contributed by atoms with Crippen LogP contribution in [0.3, 0.4) is 0 Å². The van der Waals surface area contributed by atoms with Gasteiger partial charge < -0.3 is 28.5 Å². The van der Waals surface area contributed by atoms with E-state index in [0.717, 1.165) is 30.0 Å². The summed E-state index contributed by atoms with van der Waals surface area (Å²) in [6.07, 6.45) is 4.19. The first-order chi connectivity index (χ1) is 15.8. The Balaban J connectivity index is 0.00000259. The highest BCUT2D eigenvalue weighted by Crippen LogP contribution is 2.55. The second-order valence-electron chi connectivity index (χ2n) is 8.11. The highest BCUT2D eigenvalue weighted by atomic mass is 127. The average molecular weight is 565 g/mol. The summed E-state index contributed by atoms with van der Waals surface area (Å²) in [5, 5.41) is 5.20. The molecule has 0 aliphatic rings. The van der Waals surface area contributed by atoms with Crippen molar-refractivity contribution in [2.45, 2.75) is 13.0 Å². The van der Waals surface area contributed by atoms with Gasteiger partial charge in [-0.15, -0.1) is 0 Å². The largest absolute Gasteiger partial charge is 1.00 e. The van der Waals surface area contributed by atoms with E-state index >= 15 is 0 Å². The fourth-order valence-corrected chi connectivity index (χ4v) is 9.05. The molecule has 0 N–H and O–H groups in total. The van der Waals surface area contributed by atoms with Gasteiger partial charge in [0.05, 0.1) is 6.16 Å². The zero-order chi connectivity index (χ0) is 21.8. The molecule has 33 heavy (non-hydrogen) atoms. The molecule has 0 saturated heterocycles. The Labute approximate surface area is 212 Å². The van der Waals surface area contributed by atoms with Crippen LogP contribution in [0.1, 0.15) is 6.42 Å². The van der Waals surface area contributed by atoms with Crippen molar-refractivity contribution in [3.63, 3.8) is 0 Å². The average Bonchev–Trinajstić information content (AvgIpc) is 3.25. The fraction of sp³-hybridized carbons (Fsp3) is 0.103. The Bertz CT molecular complexity index is 1210. The molecule has 0 bridgehead atoms. The molecule has 1 nitrogen and oxygen atoms in total. The lowest BCUT2D eigenvalue weighted by atomic mass is 10.2. The van der Waals surface area contributed by atoms with Gasteiger partial charge in [0.1, 0.15) is 29.0 Å². The second kappa shape index (κ2) is 10.6. The lowest BCUT2D eigenvalue weighted by Gasteiger charge is -2.28. The summed E-state index contributed by atoms with van der Waals surface area (Å²) >= 11 is 0. The first-order valence-electron chi connectivity index (χ1n) is 11.1. The molecule has 0 fully saturated rings. The number of hydrogen-bond donors (Lipinski definition) is 0. The quantitative estimate of drug-likeness (QED) is 0.211. The normalized spacial score (nSPS) is 11.3. The number of fused-ring (bicyclic) bond motifs is 1. The summed E-state index contributed by atoms with van der Waals surface area (Å²) < 4.78 is 15.9. The topological polar surface area (TPSA) is 4.93 Å². The Kier molecular flexibility index (Phi) is 7.62. The van der Waals surface area contributed by atoms with Crippen LogP contribution in [0.15, 0.2) is 121 Å². The van der Waals surface area contributed by atoms with Crippen LogP contribution in [-0.2, 0) is 6.54 Å². The molecular formula is C29H26FINP. The Hall–Kier alpha value is -2.49. The van der Waals surface area contributed by atoms with Crippen LogP contribution >= 0.6 is 7.26 Å². The van der Waals surface area contributed by atoms with E-state index in [0.29, 0.717) is 0 Å². The van der Waals surface area contributed by atoms with Crippen molar-refractivity contribution >= 4 is 34.1 Å². The molecule has 1 heterocycles. The van der Waals surface area contributed by atoms with Crippen molar-refractivity contribution in [3.05, 3.63) is 127 Å². The van der Waals surface area contributed by atoms with E-state index in [2.05, 4.69) is 102 Å². The van der Waals surface area contributed by atoms with Gasteiger partial charge >= 0.3 is 0 Å². The lowest BCUT2D eigenvalue weighted by molar-refractivity contribution is -0.00000679. The van der Waals surface area contributed by atoms with Gasteiger partial charge in [-0.3, -0.25) is 0 Å². The van der Waals surface area contributed by atoms with Crippen LogP contribution in [0, 0.1) is 5.82 Å². The molecule has 0 spiro atoms. The van der Waals surface area contributed by atoms with Gasteiger partial charge in [0.15, 0.2) is 0 Å². The summed E-state index contributed by atoms with van der Waals surface area (Å²) in [5.74, 6) is -0.183. The first-order valence-corrected chi connectivity index (χ1v) is 13.0. The van der Waals surface area contributed by atoms with Crippen LogP contribution in [-0.4, -0.2) is 10.7 Å². The Morgan fingerprint density at radius 2 is 1.15 bits per heavy atom. The van der Waals surface area contributed by atoms with Crippen LogP contribution in [0.25, 0.3) is 10.9 Å². The standard InChI is InChI=1S/C29H26FNP.HI/c30-25-17-18-29-24(23-25)19-21-31(29)20-10-22-32(26-11-4-1-5-12-26,27-13-6-2-7-14-27)28-15-8-3-9-16-28;/h1-9,11-19,21,23H,10,20,22H2;1H/q+1;/p-1. The van der Waals surface area contributed by atoms with Gasteiger partial charge in [0.2, 0.25) is 0 Å². The molecule has 0 unspecified atom stereocenters. The third-order valence-electron chi connectivity index (χ3n) is 6.22. The van der Waals surface area contributed by atoms with Gasteiger partial charge in [-0.05, 0) is 60.7 Å². The van der Waals surface area contributed by atoms with Gasteiger partial charge in [-0.2, -0.15) is 0 Å². The maximum atomic E-state index is 13.6. The first kappa shape index (κ1) is 23.7. The van der Waals surface area contributed by atoms with E-state index in [1.54, 1.807) is 12.1 Å². The van der Waals surface area contributed by atoms with E-state index in [1.165, 1.54) is 15.9 Å². The van der Waals surface area contributed by atoms with Crippen LogP contribution in [0.2, 0.25) is 0 Å². The molecule has 4 heteroatoms. The fourth-order valence-electron chi connectivity index (χ4n) is 4.73. The van der Waals surface area contributed by atoms with Gasteiger partial charge in [-0.1, -0.05) is 54.6 Å². The smallest absolute Gasteiger partial charge is 0.123 e. The van der Waals surface area contributed by atoms with Crippen LogP contribution in [0.5, 0.6) is 0 Å². The van der Waals surface area contributed by atoms with E-state index in [4.69, 9.17) is 0 Å². The van der Waals surface area contributed by atoms with E-state index in [9.17, 15) is 4.39 Å². The summed E-state index contributed by atoms with van der Waals surface area (Å²) in [5.41, 5.74) is 1.09. The number of aromatic nitrogens is 1. The number of benzene rings is 4. The summed E-state index contributed by atoms with van der Waals surface area (Å²) in [7, 11) is -1.81. The predicted molar refractivity (Wildman–Crippen MR) is 137 cm³/mol. The van der Waals surface area contributed by atoms with Crippen molar-refractivity contribution in [3.8, 4) is 0 Å². The molecule has 5 rings (SSSR count). The van der Waals surface area contributed by atoms with Crippen molar-refractivity contribution in [2.75, 3.05) is 6.16 Å². The predicted octanol–water partition coefficient (Wildman–Crippen LogP) is 3.17. The monoisotopic (exact) mass is 565 g/mol. The number of aryl methyl sites for hydroxylation is 1. The minimum Gasteiger partial charge on any atom is -1.00 e. The van der Waals surface area contributed by atoms with Crippen LogP contribution in [0.4, 0.5) is 4.39 Å². The van der Waals surface area contributed by atoms with Crippen molar-refractivity contribution in [2.24, 2.45) is 0 Å². The number of halogens is 2. The highest BCUT2D eigenvalue weighted by molar-refractivity contribution is 7.95. The van der Waals surface area contributed by atoms with Gasteiger partial charge in [-0.25, -0.2) is 4.39 Å². The van der Waals surface area contributed by atoms with E-state index in [1.807, 2.05) is 12.1 Å². The summed E-state index contributed by atoms with van der Waals surface area (Å²) in [4.78, 5) is 0. The Morgan fingerprint density at radius 1 is 0.636 bits per heavy atom. The number of hydrogen-bond acceptors (Lipinski definition) is 0. The molecule has 166 valence electrons. The van der Waals surface area contributed by atoms with E-state index < -0.39 is 7.26 Å². The molecule has 0 amide bonds. The third-order valence-corrected chi connectivity index (χ3v) is 10.7. The van der Waals surface area contributed by atoms with Crippen LogP contribution < -0.4 is 39.9 Å². The summed E-state index contributed by atoms with van der Waals surface area (Å²) in [6.45, 7) is 0.906.